The van der Waals surface area contributed by atoms with Crippen LogP contribution < -0.4 is 19.5 Å². The van der Waals surface area contributed by atoms with Crippen LogP contribution in [0, 0.1) is 6.92 Å². The summed E-state index contributed by atoms with van der Waals surface area (Å²) in [6.45, 7) is 1.90. The van der Waals surface area contributed by atoms with Crippen LogP contribution >= 0.6 is 0 Å². The summed E-state index contributed by atoms with van der Waals surface area (Å²) < 4.78 is 15.8. The molecule has 0 unspecified atom stereocenters. The average molecular weight is 371 g/mol. The number of aliphatic carboxylic acids is 1. The van der Waals surface area contributed by atoms with E-state index in [1.807, 2.05) is 6.92 Å². The first-order chi connectivity index (χ1) is 12.9. The van der Waals surface area contributed by atoms with Gasteiger partial charge in [0.15, 0.2) is 11.5 Å². The third-order valence-corrected chi connectivity index (χ3v) is 3.83. The van der Waals surface area contributed by atoms with Crippen LogP contribution in [0.25, 0.3) is 6.08 Å². The maximum absolute atomic E-state index is 12.3. The van der Waals surface area contributed by atoms with Crippen molar-refractivity contribution >= 4 is 18.0 Å². The number of benzene rings is 2. The molecule has 7 heteroatoms. The lowest BCUT2D eigenvalue weighted by Gasteiger charge is -2.14. The molecule has 0 saturated heterocycles. The van der Waals surface area contributed by atoms with Gasteiger partial charge in [0.05, 0.1) is 21.3 Å². The number of methoxy groups -OCH3 is 3. The summed E-state index contributed by atoms with van der Waals surface area (Å²) in [6.07, 6.45) is 1.30. The van der Waals surface area contributed by atoms with Crippen LogP contribution in [0.3, 0.4) is 0 Å². The molecular weight excluding hydrogens is 350 g/mol. The molecule has 2 aromatic rings. The number of rotatable bonds is 7. The monoisotopic (exact) mass is 371 g/mol. The third kappa shape index (κ3) is 4.58. The quantitative estimate of drug-likeness (QED) is 0.727. The predicted octanol–water partition coefficient (Wildman–Crippen LogP) is 2.88. The van der Waals surface area contributed by atoms with Gasteiger partial charge in [-0.05, 0) is 37.3 Å². The maximum Gasteiger partial charge on any atom is 0.352 e. The van der Waals surface area contributed by atoms with Crippen molar-refractivity contribution in [1.29, 1.82) is 0 Å². The van der Waals surface area contributed by atoms with Crippen molar-refractivity contribution in [3.63, 3.8) is 0 Å². The molecule has 0 aliphatic rings. The molecule has 0 aliphatic heterocycles. The largest absolute Gasteiger partial charge is 0.493 e. The summed E-state index contributed by atoms with van der Waals surface area (Å²) in [4.78, 5) is 24.0. The summed E-state index contributed by atoms with van der Waals surface area (Å²) >= 11 is 0. The highest BCUT2D eigenvalue weighted by Crippen LogP contribution is 2.40. The SMILES string of the molecule is COc1ccc(C=C(NC(=O)c2ccc(C)cc2)C(=O)O)c(OC)c1OC. The van der Waals surface area contributed by atoms with Crippen LogP contribution in [0.4, 0.5) is 0 Å². The van der Waals surface area contributed by atoms with E-state index >= 15 is 0 Å². The molecule has 0 bridgehead atoms. The highest BCUT2D eigenvalue weighted by atomic mass is 16.5. The molecule has 0 heterocycles. The fourth-order valence-electron chi connectivity index (χ4n) is 2.44. The average Bonchev–Trinajstić information content (AvgIpc) is 2.67. The maximum atomic E-state index is 12.3. The van der Waals surface area contributed by atoms with E-state index in [2.05, 4.69) is 5.32 Å². The van der Waals surface area contributed by atoms with E-state index in [1.54, 1.807) is 36.4 Å². The van der Waals surface area contributed by atoms with Crippen molar-refractivity contribution in [1.82, 2.24) is 5.32 Å². The van der Waals surface area contributed by atoms with Gasteiger partial charge in [0.25, 0.3) is 5.91 Å². The van der Waals surface area contributed by atoms with Gasteiger partial charge < -0.3 is 24.6 Å². The number of carboxylic acids is 1. The van der Waals surface area contributed by atoms with E-state index in [9.17, 15) is 14.7 Å². The number of nitrogens with one attached hydrogen (secondary N) is 1. The van der Waals surface area contributed by atoms with Crippen LogP contribution in [0.15, 0.2) is 42.1 Å². The van der Waals surface area contributed by atoms with E-state index in [4.69, 9.17) is 14.2 Å². The Hall–Kier alpha value is -3.48. The van der Waals surface area contributed by atoms with Crippen LogP contribution in [0.1, 0.15) is 21.5 Å². The third-order valence-electron chi connectivity index (χ3n) is 3.83. The van der Waals surface area contributed by atoms with E-state index in [0.717, 1.165) is 5.56 Å². The van der Waals surface area contributed by atoms with Crippen molar-refractivity contribution < 1.29 is 28.9 Å². The molecule has 0 saturated carbocycles. The fourth-order valence-corrected chi connectivity index (χ4v) is 2.44. The molecule has 0 spiro atoms. The van der Waals surface area contributed by atoms with Gasteiger partial charge in [0.2, 0.25) is 5.75 Å². The Morgan fingerprint density at radius 3 is 2.07 bits per heavy atom. The first-order valence-electron chi connectivity index (χ1n) is 8.03. The van der Waals surface area contributed by atoms with E-state index in [-0.39, 0.29) is 5.70 Å². The standard InChI is InChI=1S/C20H21NO6/c1-12-5-7-13(8-6-12)19(22)21-15(20(23)24)11-14-9-10-16(25-2)18(27-4)17(14)26-3/h5-11H,1-4H3,(H,21,22)(H,23,24). The van der Waals surface area contributed by atoms with Gasteiger partial charge in [-0.15, -0.1) is 0 Å². The number of hydrogen-bond acceptors (Lipinski definition) is 5. The Morgan fingerprint density at radius 1 is 0.926 bits per heavy atom. The highest BCUT2D eigenvalue weighted by Gasteiger charge is 2.18. The minimum absolute atomic E-state index is 0.292. The molecule has 2 rings (SSSR count). The van der Waals surface area contributed by atoms with Crippen molar-refractivity contribution in [3.8, 4) is 17.2 Å². The molecule has 142 valence electrons. The molecule has 27 heavy (non-hydrogen) atoms. The molecule has 0 radical (unpaired) electrons. The Morgan fingerprint density at radius 2 is 1.56 bits per heavy atom. The molecule has 0 fully saturated rings. The van der Waals surface area contributed by atoms with Gasteiger partial charge in [-0.25, -0.2) is 4.79 Å². The Labute approximate surface area is 157 Å². The molecule has 2 aromatic carbocycles. The minimum Gasteiger partial charge on any atom is -0.493 e. The van der Waals surface area contributed by atoms with Gasteiger partial charge in [0, 0.05) is 11.1 Å². The zero-order valence-corrected chi connectivity index (χ0v) is 15.5. The molecule has 1 amide bonds. The summed E-state index contributed by atoms with van der Waals surface area (Å²) in [5, 5.41) is 11.9. The lowest BCUT2D eigenvalue weighted by atomic mass is 10.1. The number of carboxylic acid groups (broad SMARTS) is 1. The van der Waals surface area contributed by atoms with Crippen molar-refractivity contribution in [2.24, 2.45) is 0 Å². The Kier molecular flexibility index (Phi) is 6.43. The number of amides is 1. The second kappa shape index (κ2) is 8.75. The number of carbonyl (C=O) groups excluding carboxylic acids is 1. The second-order valence-corrected chi connectivity index (χ2v) is 5.61. The summed E-state index contributed by atoms with van der Waals surface area (Å²) in [5.41, 5.74) is 1.46. The fraction of sp³-hybridized carbons (Fsp3) is 0.200. The number of carbonyl (C=O) groups is 2. The summed E-state index contributed by atoms with van der Waals surface area (Å²) in [6, 6.07) is 10.0. The lowest BCUT2D eigenvalue weighted by molar-refractivity contribution is -0.132. The smallest absolute Gasteiger partial charge is 0.352 e. The zero-order valence-electron chi connectivity index (χ0n) is 15.5. The van der Waals surface area contributed by atoms with E-state index in [0.29, 0.717) is 28.4 Å². The second-order valence-electron chi connectivity index (χ2n) is 5.61. The van der Waals surface area contributed by atoms with Crippen LogP contribution in [-0.4, -0.2) is 38.3 Å². The molecular formula is C20H21NO6. The Balaban J connectivity index is 2.42. The lowest BCUT2D eigenvalue weighted by Crippen LogP contribution is -2.27. The van der Waals surface area contributed by atoms with Gasteiger partial charge >= 0.3 is 5.97 Å². The van der Waals surface area contributed by atoms with E-state index in [1.165, 1.54) is 27.4 Å². The molecule has 0 atom stereocenters. The molecule has 0 aliphatic carbocycles. The first-order valence-corrected chi connectivity index (χ1v) is 8.03. The topological polar surface area (TPSA) is 94.1 Å². The van der Waals surface area contributed by atoms with Crippen molar-refractivity contribution in [2.75, 3.05) is 21.3 Å². The summed E-state index contributed by atoms with van der Waals surface area (Å²) in [7, 11) is 4.36. The number of ether oxygens (including phenoxy) is 3. The van der Waals surface area contributed by atoms with Crippen LogP contribution in [-0.2, 0) is 4.79 Å². The van der Waals surface area contributed by atoms with Gasteiger partial charge in [0.1, 0.15) is 5.70 Å². The normalized spacial score (nSPS) is 10.9. The zero-order chi connectivity index (χ0) is 20.0. The van der Waals surface area contributed by atoms with E-state index < -0.39 is 11.9 Å². The van der Waals surface area contributed by atoms with Crippen LogP contribution in [0.5, 0.6) is 17.2 Å². The summed E-state index contributed by atoms with van der Waals surface area (Å²) in [5.74, 6) is -0.758. The van der Waals surface area contributed by atoms with Gasteiger partial charge in [-0.2, -0.15) is 0 Å². The van der Waals surface area contributed by atoms with Gasteiger partial charge in [-0.3, -0.25) is 4.79 Å². The molecule has 0 aromatic heterocycles. The minimum atomic E-state index is -1.28. The Bertz CT molecular complexity index is 871. The van der Waals surface area contributed by atoms with Crippen molar-refractivity contribution in [2.45, 2.75) is 6.92 Å². The predicted molar refractivity (Wildman–Crippen MR) is 100 cm³/mol. The molecule has 2 N–H and O–H groups in total. The highest BCUT2D eigenvalue weighted by molar-refractivity contribution is 6.03. The first kappa shape index (κ1) is 19.8. The van der Waals surface area contributed by atoms with Crippen molar-refractivity contribution in [3.05, 3.63) is 58.8 Å². The number of aryl methyl sites for hydroxylation is 1. The van der Waals surface area contributed by atoms with Gasteiger partial charge in [-0.1, -0.05) is 17.7 Å². The molecule has 7 nitrogen and oxygen atoms in total. The number of hydrogen-bond donors (Lipinski definition) is 2. The van der Waals surface area contributed by atoms with Crippen LogP contribution in [0.2, 0.25) is 0 Å².